The Kier molecular flexibility index (Phi) is 3.55. The van der Waals surface area contributed by atoms with E-state index < -0.39 is 21.4 Å². The third-order valence-corrected chi connectivity index (χ3v) is 4.78. The van der Waals surface area contributed by atoms with Crippen molar-refractivity contribution in [2.75, 3.05) is 23.7 Å². The summed E-state index contributed by atoms with van der Waals surface area (Å²) in [5, 5.41) is 3.18. The molecule has 1 aliphatic rings. The highest BCUT2D eigenvalue weighted by atomic mass is 32.2. The summed E-state index contributed by atoms with van der Waals surface area (Å²) in [4.78, 5) is 2.00. The first-order chi connectivity index (χ1) is 8.82. The quantitative estimate of drug-likeness (QED) is 0.623. The molecule has 19 heavy (non-hydrogen) atoms. The Bertz CT molecular complexity index is 585. The van der Waals surface area contributed by atoms with Crippen LogP contribution in [0.4, 0.5) is 11.5 Å². The summed E-state index contributed by atoms with van der Waals surface area (Å²) in [6.45, 7) is 4.56. The van der Waals surface area contributed by atoms with Crippen molar-refractivity contribution in [3.05, 3.63) is 18.3 Å². The Morgan fingerprint density at radius 3 is 2.47 bits per heavy atom. The van der Waals surface area contributed by atoms with E-state index in [4.69, 9.17) is 10.3 Å². The molecule has 0 saturated carbocycles. The lowest BCUT2D eigenvalue weighted by Gasteiger charge is -2.25. The van der Waals surface area contributed by atoms with Gasteiger partial charge in [0.2, 0.25) is 0 Å². The predicted octanol–water partition coefficient (Wildman–Crippen LogP) is 0.679. The van der Waals surface area contributed by atoms with Crippen molar-refractivity contribution in [1.29, 1.82) is 0 Å². The average Bonchev–Trinajstić information content (AvgIpc) is 2.94. The molecule has 1 aliphatic heterocycles. The second-order valence-corrected chi connectivity index (χ2v) is 6.48. The smallest absolute Gasteiger partial charge is 0.269 e. The number of nitrogens with zero attached hydrogens (tertiary/aromatic N) is 3. The van der Waals surface area contributed by atoms with Crippen LogP contribution < -0.4 is 10.6 Å². The molecule has 2 rings (SSSR count). The molecule has 0 radical (unpaired) electrons. The van der Waals surface area contributed by atoms with Crippen LogP contribution in [0.5, 0.6) is 0 Å². The van der Waals surface area contributed by atoms with Gasteiger partial charge in [-0.2, -0.15) is 13.5 Å². The maximum absolute atomic E-state index is 11.2. The van der Waals surface area contributed by atoms with Crippen LogP contribution in [0.2, 0.25) is 0 Å². The van der Waals surface area contributed by atoms with E-state index in [0.717, 1.165) is 0 Å². The Labute approximate surface area is 112 Å². The van der Waals surface area contributed by atoms with Gasteiger partial charge in [-0.15, -0.1) is 0 Å². The monoisotopic (exact) mass is 286 g/mol. The highest BCUT2D eigenvalue weighted by Crippen LogP contribution is 2.30. The minimum Gasteiger partial charge on any atom is -0.394 e. The second-order valence-electron chi connectivity index (χ2n) is 4.71. The molecule has 2 atom stereocenters. The SMILES string of the molecule is CC(C(C)S(=O)(=O)O)n1ncc(N)c1N1CC=CC1. The summed E-state index contributed by atoms with van der Waals surface area (Å²) < 4.78 is 33.2. The first kappa shape index (κ1) is 13.9. The number of rotatable bonds is 4. The molecule has 8 heteroatoms. The van der Waals surface area contributed by atoms with Crippen molar-refractivity contribution >= 4 is 21.6 Å². The highest BCUT2D eigenvalue weighted by molar-refractivity contribution is 7.86. The minimum atomic E-state index is -4.12. The Morgan fingerprint density at radius 2 is 1.95 bits per heavy atom. The molecule has 0 saturated heterocycles. The van der Waals surface area contributed by atoms with Crippen molar-refractivity contribution < 1.29 is 13.0 Å². The lowest BCUT2D eigenvalue weighted by atomic mass is 10.2. The first-order valence-corrected chi connectivity index (χ1v) is 7.52. The third kappa shape index (κ3) is 2.59. The summed E-state index contributed by atoms with van der Waals surface area (Å²) in [5.74, 6) is 0.688. The van der Waals surface area contributed by atoms with Crippen molar-refractivity contribution in [2.24, 2.45) is 0 Å². The molecule has 0 bridgehead atoms. The van der Waals surface area contributed by atoms with Crippen LogP contribution in [0.25, 0.3) is 0 Å². The van der Waals surface area contributed by atoms with Crippen LogP contribution in [0, 0.1) is 0 Å². The lowest BCUT2D eigenvalue weighted by Crippen LogP contribution is -2.31. The molecule has 0 spiro atoms. The van der Waals surface area contributed by atoms with Gasteiger partial charge in [-0.05, 0) is 13.8 Å². The molecule has 0 aromatic carbocycles. The zero-order valence-corrected chi connectivity index (χ0v) is 11.7. The molecule has 0 aliphatic carbocycles. The lowest BCUT2D eigenvalue weighted by molar-refractivity contribution is 0.419. The predicted molar refractivity (Wildman–Crippen MR) is 73.7 cm³/mol. The Hall–Kier alpha value is -1.54. The Balaban J connectivity index is 2.35. The van der Waals surface area contributed by atoms with Crippen molar-refractivity contribution in [3.63, 3.8) is 0 Å². The van der Waals surface area contributed by atoms with Crippen LogP contribution in [0.15, 0.2) is 18.3 Å². The van der Waals surface area contributed by atoms with E-state index in [2.05, 4.69) is 5.10 Å². The molecule has 1 aromatic rings. The molecule has 0 amide bonds. The van der Waals surface area contributed by atoms with Crippen LogP contribution in [0.1, 0.15) is 19.9 Å². The van der Waals surface area contributed by atoms with E-state index in [1.165, 1.54) is 13.1 Å². The normalized spacial score (nSPS) is 18.8. The number of nitrogen functional groups attached to an aromatic ring is 1. The van der Waals surface area contributed by atoms with Crippen LogP contribution in [-0.4, -0.2) is 41.1 Å². The third-order valence-electron chi connectivity index (χ3n) is 3.45. The fourth-order valence-electron chi connectivity index (χ4n) is 2.09. The van der Waals surface area contributed by atoms with Gasteiger partial charge < -0.3 is 10.6 Å². The standard InChI is InChI=1S/C11H18N4O3S/c1-8(9(2)19(16,17)18)15-11(10(12)7-13-15)14-5-3-4-6-14/h3-4,7-9H,5-6,12H2,1-2H3,(H,16,17,18). The van der Waals surface area contributed by atoms with Gasteiger partial charge in [0.25, 0.3) is 10.1 Å². The molecule has 106 valence electrons. The number of hydrogen-bond donors (Lipinski definition) is 2. The van der Waals surface area contributed by atoms with E-state index in [1.54, 1.807) is 11.6 Å². The van der Waals surface area contributed by atoms with Crippen molar-refractivity contribution in [2.45, 2.75) is 25.1 Å². The maximum Gasteiger partial charge on any atom is 0.269 e. The van der Waals surface area contributed by atoms with Crippen molar-refractivity contribution in [1.82, 2.24) is 9.78 Å². The zero-order valence-electron chi connectivity index (χ0n) is 10.9. The molecule has 2 heterocycles. The summed E-state index contributed by atoms with van der Waals surface area (Å²) in [5.41, 5.74) is 6.40. The molecule has 3 N–H and O–H groups in total. The van der Waals surface area contributed by atoms with Gasteiger partial charge in [0.15, 0.2) is 5.82 Å². The van der Waals surface area contributed by atoms with Gasteiger partial charge in [0.05, 0.1) is 17.9 Å². The van der Waals surface area contributed by atoms with Gasteiger partial charge in [-0.1, -0.05) is 12.2 Å². The first-order valence-electron chi connectivity index (χ1n) is 6.01. The summed E-state index contributed by atoms with van der Waals surface area (Å²) >= 11 is 0. The molecule has 0 fully saturated rings. The van der Waals surface area contributed by atoms with Crippen molar-refractivity contribution in [3.8, 4) is 0 Å². The van der Waals surface area contributed by atoms with E-state index >= 15 is 0 Å². The molecular weight excluding hydrogens is 268 g/mol. The molecule has 7 nitrogen and oxygen atoms in total. The fraction of sp³-hybridized carbons (Fsp3) is 0.545. The highest BCUT2D eigenvalue weighted by Gasteiger charge is 2.29. The van der Waals surface area contributed by atoms with E-state index in [9.17, 15) is 8.42 Å². The number of hydrogen-bond acceptors (Lipinski definition) is 5. The van der Waals surface area contributed by atoms with Gasteiger partial charge in [0.1, 0.15) is 5.25 Å². The van der Waals surface area contributed by atoms with E-state index in [-0.39, 0.29) is 0 Å². The van der Waals surface area contributed by atoms with Gasteiger partial charge >= 0.3 is 0 Å². The van der Waals surface area contributed by atoms with Gasteiger partial charge in [-0.3, -0.25) is 4.55 Å². The molecular formula is C11H18N4O3S. The van der Waals surface area contributed by atoms with Gasteiger partial charge in [0, 0.05) is 13.1 Å². The van der Waals surface area contributed by atoms with Crippen LogP contribution in [0.3, 0.4) is 0 Å². The number of anilines is 2. The van der Waals surface area contributed by atoms with Crippen LogP contribution >= 0.6 is 0 Å². The van der Waals surface area contributed by atoms with Crippen LogP contribution in [-0.2, 0) is 10.1 Å². The minimum absolute atomic E-state index is 0.498. The molecule has 1 aromatic heterocycles. The topological polar surface area (TPSA) is 101 Å². The second kappa shape index (κ2) is 4.86. The number of aromatic nitrogens is 2. The van der Waals surface area contributed by atoms with E-state index in [1.807, 2.05) is 17.1 Å². The average molecular weight is 286 g/mol. The maximum atomic E-state index is 11.2. The van der Waals surface area contributed by atoms with Gasteiger partial charge in [-0.25, -0.2) is 4.68 Å². The zero-order chi connectivity index (χ0) is 14.2. The molecule has 2 unspecified atom stereocenters. The largest absolute Gasteiger partial charge is 0.394 e. The summed E-state index contributed by atoms with van der Waals surface area (Å²) in [6.07, 6.45) is 5.52. The van der Waals surface area contributed by atoms with E-state index in [0.29, 0.717) is 24.6 Å². The number of nitrogens with two attached hydrogens (primary N) is 1. The Morgan fingerprint density at radius 1 is 1.37 bits per heavy atom. The fourth-order valence-corrected chi connectivity index (χ4v) is 2.71. The summed E-state index contributed by atoms with van der Waals surface area (Å²) in [7, 11) is -4.12. The summed E-state index contributed by atoms with van der Waals surface area (Å²) in [6, 6.07) is -0.511.